The number of ether oxygens (including phenoxy) is 6. The van der Waals surface area contributed by atoms with Crippen LogP contribution in [0, 0.1) is 11.6 Å². The molecule has 0 aliphatic heterocycles. The molecule has 0 saturated heterocycles. The van der Waals surface area contributed by atoms with Gasteiger partial charge in [-0.05, 0) is 54.6 Å². The Hall–Kier alpha value is -6.25. The fourth-order valence-electron chi connectivity index (χ4n) is 3.39. The number of alkyl halides is 3. The van der Waals surface area contributed by atoms with Gasteiger partial charge in [-0.1, -0.05) is 13.2 Å². The van der Waals surface area contributed by atoms with E-state index in [4.69, 9.17) is 18.9 Å². The first-order valence-electron chi connectivity index (χ1n) is 13.2. The molecule has 3 aromatic carbocycles. The van der Waals surface area contributed by atoms with Gasteiger partial charge in [-0.2, -0.15) is 13.2 Å². The molecule has 0 spiro atoms. The third kappa shape index (κ3) is 11.3. The topological polar surface area (TPSA) is 124 Å². The Morgan fingerprint density at radius 3 is 1.52 bits per heavy atom. The van der Waals surface area contributed by atoms with E-state index in [0.29, 0.717) is 12.1 Å². The van der Waals surface area contributed by atoms with Crippen molar-refractivity contribution in [2.75, 3.05) is 13.6 Å². The van der Waals surface area contributed by atoms with Crippen LogP contribution in [0.25, 0.3) is 12.2 Å². The second kappa shape index (κ2) is 16.9. The highest BCUT2D eigenvalue weighted by Gasteiger charge is 2.35. The van der Waals surface area contributed by atoms with E-state index in [0.717, 1.165) is 54.6 Å². The highest BCUT2D eigenvalue weighted by Crippen LogP contribution is 2.38. The molecule has 15 heteroatoms. The Morgan fingerprint density at radius 1 is 0.625 bits per heavy atom. The number of carbonyl (C=O) groups is 4. The molecule has 0 fully saturated rings. The molecule has 3 aromatic rings. The predicted octanol–water partition coefficient (Wildman–Crippen LogP) is 6.35. The van der Waals surface area contributed by atoms with E-state index in [2.05, 4.69) is 22.6 Å². The van der Waals surface area contributed by atoms with Gasteiger partial charge in [-0.3, -0.25) is 0 Å². The lowest BCUT2D eigenvalue weighted by Gasteiger charge is -2.13. The minimum Gasteiger partial charge on any atom is -0.457 e. The number of carbonyl (C=O) groups excluding carboxylic acids is 4. The monoisotopic (exact) mass is 674 g/mol. The Kier molecular flexibility index (Phi) is 12.7. The largest absolute Gasteiger partial charge is 0.457 e. The average molecular weight is 675 g/mol. The molecule has 0 saturated carbocycles. The summed E-state index contributed by atoms with van der Waals surface area (Å²) in [5.41, 5.74) is -1.72. The standard InChI is InChI=1S/C33H23F5O10/c1-3-29(39)45-18-43-22-9-5-20(26(34)16-22)7-13-31(41)47-24-11-12-28(25(15-24)33(36,37)38)48-32(42)14-8-21-6-10-23(17-27(21)35)44-19-46-30(40)4-2/h3-17H,1-2,18-19H2/b13-7-,14-8-. The van der Waals surface area contributed by atoms with E-state index >= 15 is 0 Å². The van der Waals surface area contributed by atoms with Gasteiger partial charge >= 0.3 is 30.1 Å². The van der Waals surface area contributed by atoms with E-state index < -0.39 is 72.3 Å². The lowest BCUT2D eigenvalue weighted by molar-refractivity contribution is -0.145. The highest BCUT2D eigenvalue weighted by molar-refractivity contribution is 5.90. The van der Waals surface area contributed by atoms with E-state index in [1.807, 2.05) is 0 Å². The Bertz CT molecular complexity index is 1760. The SMILES string of the molecule is C=CC(=O)OCOc1ccc(/C=C\C(=O)Oc2ccc(OC(=O)/C=C\c3ccc(OCOC(=O)C=C)cc3F)c(C(F)(F)F)c2)c(F)c1. The average Bonchev–Trinajstić information content (AvgIpc) is 3.04. The number of esters is 4. The van der Waals surface area contributed by atoms with Crippen molar-refractivity contribution in [3.8, 4) is 23.0 Å². The van der Waals surface area contributed by atoms with E-state index in [1.165, 1.54) is 24.3 Å². The van der Waals surface area contributed by atoms with Crippen molar-refractivity contribution in [3.63, 3.8) is 0 Å². The summed E-state index contributed by atoms with van der Waals surface area (Å²) in [5, 5.41) is 0. The Morgan fingerprint density at radius 2 is 1.08 bits per heavy atom. The van der Waals surface area contributed by atoms with Crippen LogP contribution in [0.2, 0.25) is 0 Å². The number of hydrogen-bond donors (Lipinski definition) is 0. The van der Waals surface area contributed by atoms with Gasteiger partial charge in [0.2, 0.25) is 13.6 Å². The first kappa shape index (κ1) is 36.2. The molecule has 10 nitrogen and oxygen atoms in total. The van der Waals surface area contributed by atoms with Gasteiger partial charge in [0.1, 0.15) is 40.2 Å². The maximum absolute atomic E-state index is 14.4. The smallest absolute Gasteiger partial charge is 0.420 e. The number of hydrogen-bond acceptors (Lipinski definition) is 10. The number of halogens is 5. The van der Waals surface area contributed by atoms with Gasteiger partial charge in [0.25, 0.3) is 0 Å². The molecular formula is C33H23F5O10. The lowest BCUT2D eigenvalue weighted by atomic mass is 10.1. The summed E-state index contributed by atoms with van der Waals surface area (Å²) < 4.78 is 98.9. The van der Waals surface area contributed by atoms with Gasteiger partial charge in [0.15, 0.2) is 0 Å². The molecule has 0 amide bonds. The second-order valence-corrected chi connectivity index (χ2v) is 8.89. The third-order valence-corrected chi connectivity index (χ3v) is 5.61. The summed E-state index contributed by atoms with van der Waals surface area (Å²) >= 11 is 0. The zero-order valence-electron chi connectivity index (χ0n) is 24.5. The first-order valence-corrected chi connectivity index (χ1v) is 13.2. The van der Waals surface area contributed by atoms with E-state index in [1.54, 1.807) is 0 Å². The van der Waals surface area contributed by atoms with Crippen molar-refractivity contribution < 1.29 is 69.6 Å². The van der Waals surface area contributed by atoms with E-state index in [9.17, 15) is 41.1 Å². The molecule has 250 valence electrons. The van der Waals surface area contributed by atoms with Crippen molar-refractivity contribution in [2.45, 2.75) is 6.18 Å². The molecule has 0 aliphatic carbocycles. The molecule has 0 radical (unpaired) electrons. The molecule has 48 heavy (non-hydrogen) atoms. The first-order chi connectivity index (χ1) is 22.8. The highest BCUT2D eigenvalue weighted by atomic mass is 19.4. The fraction of sp³-hybridized carbons (Fsp3) is 0.0909. The summed E-state index contributed by atoms with van der Waals surface area (Å²) in [4.78, 5) is 46.5. The zero-order chi connectivity index (χ0) is 35.3. The van der Waals surface area contributed by atoms with Gasteiger partial charge in [-0.25, -0.2) is 28.0 Å². The maximum atomic E-state index is 14.4. The molecule has 3 rings (SSSR count). The van der Waals surface area contributed by atoms with E-state index in [-0.39, 0.29) is 22.6 Å². The Balaban J connectivity index is 1.63. The quantitative estimate of drug-likeness (QED) is 0.0628. The second-order valence-electron chi connectivity index (χ2n) is 8.89. The fourth-order valence-corrected chi connectivity index (χ4v) is 3.39. The number of rotatable bonds is 14. The lowest BCUT2D eigenvalue weighted by Crippen LogP contribution is -2.13. The zero-order valence-corrected chi connectivity index (χ0v) is 24.5. The van der Waals surface area contributed by atoms with Crippen molar-refractivity contribution in [1.29, 1.82) is 0 Å². The van der Waals surface area contributed by atoms with Gasteiger partial charge in [0, 0.05) is 47.6 Å². The normalized spacial score (nSPS) is 11.1. The maximum Gasteiger partial charge on any atom is 0.420 e. The van der Waals surface area contributed by atoms with Crippen LogP contribution >= 0.6 is 0 Å². The van der Waals surface area contributed by atoms with Crippen LogP contribution in [0.15, 0.2) is 92.1 Å². The molecule has 0 unspecified atom stereocenters. The summed E-state index contributed by atoms with van der Waals surface area (Å²) in [5.74, 6) is -7.22. The minimum atomic E-state index is -5.06. The van der Waals surface area contributed by atoms with Gasteiger partial charge in [0.05, 0.1) is 0 Å². The van der Waals surface area contributed by atoms with Gasteiger partial charge in [-0.15, -0.1) is 0 Å². The molecule has 0 bridgehead atoms. The van der Waals surface area contributed by atoms with Gasteiger partial charge < -0.3 is 28.4 Å². The summed E-state index contributed by atoms with van der Waals surface area (Å²) in [7, 11) is 0. The molecule has 0 heterocycles. The Labute approximate surface area is 268 Å². The molecular weight excluding hydrogens is 651 g/mol. The van der Waals surface area contributed by atoms with Crippen LogP contribution < -0.4 is 18.9 Å². The molecule has 0 atom stereocenters. The molecule has 0 aliphatic rings. The van der Waals surface area contributed by atoms with Crippen LogP contribution in [-0.2, 0) is 34.8 Å². The van der Waals surface area contributed by atoms with Crippen molar-refractivity contribution in [3.05, 3.63) is 120 Å². The number of benzene rings is 3. The van der Waals surface area contributed by atoms with Crippen LogP contribution in [-0.4, -0.2) is 37.5 Å². The van der Waals surface area contributed by atoms with Crippen LogP contribution in [0.1, 0.15) is 16.7 Å². The van der Waals surface area contributed by atoms with Crippen LogP contribution in [0.4, 0.5) is 22.0 Å². The van der Waals surface area contributed by atoms with Crippen molar-refractivity contribution in [1.82, 2.24) is 0 Å². The summed E-state index contributed by atoms with van der Waals surface area (Å²) in [6.45, 7) is 5.37. The molecule has 0 N–H and O–H groups in total. The summed E-state index contributed by atoms with van der Waals surface area (Å²) in [6, 6.07) is 8.90. The van der Waals surface area contributed by atoms with Crippen molar-refractivity contribution >= 4 is 36.0 Å². The van der Waals surface area contributed by atoms with Crippen molar-refractivity contribution in [2.24, 2.45) is 0 Å². The van der Waals surface area contributed by atoms with Crippen LogP contribution in [0.3, 0.4) is 0 Å². The molecule has 0 aromatic heterocycles. The minimum absolute atomic E-state index is 0.00148. The summed E-state index contributed by atoms with van der Waals surface area (Å²) in [6.07, 6.45) is 0.126. The predicted molar refractivity (Wildman–Crippen MR) is 157 cm³/mol. The third-order valence-electron chi connectivity index (χ3n) is 5.61. The van der Waals surface area contributed by atoms with Crippen LogP contribution in [0.5, 0.6) is 23.0 Å².